The van der Waals surface area contributed by atoms with Gasteiger partial charge in [0.15, 0.2) is 0 Å². The van der Waals surface area contributed by atoms with E-state index >= 15 is 0 Å². The van der Waals surface area contributed by atoms with Crippen LogP contribution >= 0.6 is 0 Å². The highest BCUT2D eigenvalue weighted by Crippen LogP contribution is 2.60. The van der Waals surface area contributed by atoms with E-state index in [1.165, 1.54) is 55.3 Å². The molecule has 0 aliphatic heterocycles. The molecule has 7 aromatic rings. The van der Waals surface area contributed by atoms with E-state index in [9.17, 15) is 0 Å². The Bertz CT molecular complexity index is 2580. The predicted molar refractivity (Wildman–Crippen MR) is 228 cm³/mol. The Morgan fingerprint density at radius 2 is 1.15 bits per heavy atom. The van der Waals surface area contributed by atoms with Gasteiger partial charge in [-0.1, -0.05) is 176 Å². The van der Waals surface area contributed by atoms with Gasteiger partial charge in [-0.25, -0.2) is 0 Å². The number of allylic oxidation sites excluding steroid dienone is 8. The zero-order chi connectivity index (χ0) is 35.9. The molecule has 1 nitrogen and oxygen atoms in total. The third kappa shape index (κ3) is 5.31. The molecule has 0 aromatic heterocycles. The van der Waals surface area contributed by atoms with Crippen LogP contribution in [0, 0.1) is 5.92 Å². The first-order valence-electron chi connectivity index (χ1n) is 19.2. The molecular weight excluding hydrogens is 651 g/mol. The molecular formula is C53H41N. The first-order valence-corrected chi connectivity index (χ1v) is 19.2. The molecule has 1 heteroatoms. The van der Waals surface area contributed by atoms with Gasteiger partial charge >= 0.3 is 0 Å². The van der Waals surface area contributed by atoms with Crippen molar-refractivity contribution in [3.63, 3.8) is 0 Å². The summed E-state index contributed by atoms with van der Waals surface area (Å²) < 4.78 is 0. The molecule has 54 heavy (non-hydrogen) atoms. The maximum absolute atomic E-state index is 2.51. The summed E-state index contributed by atoms with van der Waals surface area (Å²) in [5, 5.41) is 2.45. The summed E-state index contributed by atoms with van der Waals surface area (Å²) in [6, 6.07) is 62.5. The number of hydrogen-bond donors (Lipinski definition) is 0. The summed E-state index contributed by atoms with van der Waals surface area (Å²) >= 11 is 0. The number of fused-ring (bicyclic) bond motifs is 4. The van der Waals surface area contributed by atoms with Crippen LogP contribution in [0.4, 0.5) is 17.1 Å². The van der Waals surface area contributed by atoms with E-state index in [1.54, 1.807) is 0 Å². The van der Waals surface area contributed by atoms with Crippen molar-refractivity contribution in [2.45, 2.75) is 24.2 Å². The summed E-state index contributed by atoms with van der Waals surface area (Å²) in [7, 11) is 0. The van der Waals surface area contributed by atoms with Gasteiger partial charge in [-0.15, -0.1) is 0 Å². The minimum absolute atomic E-state index is 0.257. The first-order chi connectivity index (χ1) is 26.8. The SMILES string of the molecule is C1=CC2c3ccc(-c4ccc(N(c5ccc(-c6ccccc6)cc5)c5cccc6ccccc56)cc4)cc3C(C3=CCCC=C3)(c3ccccc3)C2C=C1. The summed E-state index contributed by atoms with van der Waals surface area (Å²) in [5.74, 6) is 0.648. The van der Waals surface area contributed by atoms with Gasteiger partial charge in [0, 0.05) is 28.6 Å². The van der Waals surface area contributed by atoms with Crippen molar-refractivity contribution in [1.82, 2.24) is 0 Å². The lowest BCUT2D eigenvalue weighted by Crippen LogP contribution is -2.35. The van der Waals surface area contributed by atoms with Gasteiger partial charge in [0.25, 0.3) is 0 Å². The molecule has 0 bridgehead atoms. The lowest BCUT2D eigenvalue weighted by Gasteiger charge is -2.40. The molecule has 258 valence electrons. The van der Waals surface area contributed by atoms with Crippen LogP contribution in [0.2, 0.25) is 0 Å². The highest BCUT2D eigenvalue weighted by molar-refractivity contribution is 5.99. The molecule has 10 rings (SSSR count). The topological polar surface area (TPSA) is 3.24 Å². The van der Waals surface area contributed by atoms with Crippen molar-refractivity contribution in [3.05, 3.63) is 235 Å². The van der Waals surface area contributed by atoms with Crippen LogP contribution in [0.5, 0.6) is 0 Å². The summed E-state index contributed by atoms with van der Waals surface area (Å²) in [6.07, 6.45) is 18.8. The molecule has 0 saturated carbocycles. The Labute approximate surface area is 318 Å². The number of nitrogens with zero attached hydrogens (tertiary/aromatic N) is 1. The Hall–Kier alpha value is -6.44. The summed E-state index contributed by atoms with van der Waals surface area (Å²) in [6.45, 7) is 0. The fourth-order valence-electron chi connectivity index (χ4n) is 9.40. The highest BCUT2D eigenvalue weighted by Gasteiger charge is 2.53. The smallest absolute Gasteiger partial charge is 0.0540 e. The molecule has 3 unspecified atom stereocenters. The lowest BCUT2D eigenvalue weighted by atomic mass is 9.62. The lowest BCUT2D eigenvalue weighted by molar-refractivity contribution is 0.453. The monoisotopic (exact) mass is 691 g/mol. The van der Waals surface area contributed by atoms with Gasteiger partial charge < -0.3 is 4.90 Å². The van der Waals surface area contributed by atoms with E-state index in [0.29, 0.717) is 11.8 Å². The van der Waals surface area contributed by atoms with Crippen LogP contribution < -0.4 is 4.90 Å². The van der Waals surface area contributed by atoms with E-state index in [2.05, 4.69) is 217 Å². The quantitative estimate of drug-likeness (QED) is 0.161. The van der Waals surface area contributed by atoms with Gasteiger partial charge in [-0.3, -0.25) is 0 Å². The van der Waals surface area contributed by atoms with Crippen molar-refractivity contribution in [1.29, 1.82) is 0 Å². The standard InChI is InChI=1S/C53H41N/c1-4-15-38(16-5-1)39-27-32-45(33-28-39)54(52-26-14-18-41-17-10-11-23-47(41)52)46-34-29-40(30-35-46)42-31-36-49-48-24-12-13-25-50(48)53(51(49)37-42,43-19-6-2-7-20-43)44-21-8-3-9-22-44/h1-2,4-8,10-37,48,50H,3,9H2. The molecule has 7 aromatic carbocycles. The summed E-state index contributed by atoms with van der Waals surface area (Å²) in [5.41, 5.74) is 13.7. The van der Waals surface area contributed by atoms with Crippen LogP contribution in [0.1, 0.15) is 35.4 Å². The van der Waals surface area contributed by atoms with Gasteiger partial charge in [-0.05, 0) is 99.1 Å². The van der Waals surface area contributed by atoms with Crippen molar-refractivity contribution in [2.75, 3.05) is 4.90 Å². The minimum Gasteiger partial charge on any atom is -0.310 e. The van der Waals surface area contributed by atoms with E-state index in [4.69, 9.17) is 0 Å². The van der Waals surface area contributed by atoms with Gasteiger partial charge in [0.05, 0.1) is 11.1 Å². The third-order valence-electron chi connectivity index (χ3n) is 11.9. The third-order valence-corrected chi connectivity index (χ3v) is 11.9. The molecule has 3 atom stereocenters. The molecule has 0 N–H and O–H groups in total. The average molecular weight is 692 g/mol. The van der Waals surface area contributed by atoms with Crippen LogP contribution in [-0.2, 0) is 5.41 Å². The number of benzene rings is 7. The normalized spacial score (nSPS) is 19.7. The van der Waals surface area contributed by atoms with Crippen molar-refractivity contribution in [3.8, 4) is 22.3 Å². The Kier molecular flexibility index (Phi) is 8.07. The van der Waals surface area contributed by atoms with Gasteiger partial charge in [-0.2, -0.15) is 0 Å². The van der Waals surface area contributed by atoms with Gasteiger partial charge in [0.2, 0.25) is 0 Å². The Balaban J connectivity index is 1.09. The van der Waals surface area contributed by atoms with Gasteiger partial charge in [0.1, 0.15) is 0 Å². The largest absolute Gasteiger partial charge is 0.310 e. The second-order valence-corrected chi connectivity index (χ2v) is 14.7. The maximum atomic E-state index is 2.51. The molecule has 0 fully saturated rings. The van der Waals surface area contributed by atoms with Crippen molar-refractivity contribution in [2.24, 2.45) is 5.92 Å². The fraction of sp³-hybridized carbons (Fsp3) is 0.0943. The van der Waals surface area contributed by atoms with Crippen LogP contribution in [-0.4, -0.2) is 0 Å². The van der Waals surface area contributed by atoms with Crippen LogP contribution in [0.25, 0.3) is 33.0 Å². The van der Waals surface area contributed by atoms with E-state index in [-0.39, 0.29) is 5.41 Å². The fourth-order valence-corrected chi connectivity index (χ4v) is 9.40. The molecule has 3 aliphatic rings. The van der Waals surface area contributed by atoms with E-state index < -0.39 is 0 Å². The first kappa shape index (κ1) is 32.2. The van der Waals surface area contributed by atoms with Crippen molar-refractivity contribution >= 4 is 27.8 Å². The molecule has 0 heterocycles. The Morgan fingerprint density at radius 1 is 0.519 bits per heavy atom. The zero-order valence-corrected chi connectivity index (χ0v) is 30.2. The average Bonchev–Trinajstić information content (AvgIpc) is 3.56. The van der Waals surface area contributed by atoms with Crippen LogP contribution in [0.3, 0.4) is 0 Å². The number of rotatable bonds is 7. The summed E-state index contributed by atoms with van der Waals surface area (Å²) in [4.78, 5) is 2.40. The molecule has 0 radical (unpaired) electrons. The number of anilines is 3. The number of hydrogen-bond acceptors (Lipinski definition) is 1. The minimum atomic E-state index is -0.257. The molecule has 0 saturated heterocycles. The Morgan fingerprint density at radius 3 is 1.89 bits per heavy atom. The highest BCUT2D eigenvalue weighted by atomic mass is 15.1. The predicted octanol–water partition coefficient (Wildman–Crippen LogP) is 14.0. The zero-order valence-electron chi connectivity index (χ0n) is 30.2. The van der Waals surface area contributed by atoms with E-state index in [1.807, 2.05) is 0 Å². The molecule has 3 aliphatic carbocycles. The second-order valence-electron chi connectivity index (χ2n) is 14.7. The van der Waals surface area contributed by atoms with E-state index in [0.717, 1.165) is 29.9 Å². The molecule has 0 spiro atoms. The maximum Gasteiger partial charge on any atom is 0.0540 e. The van der Waals surface area contributed by atoms with Crippen molar-refractivity contribution < 1.29 is 0 Å². The van der Waals surface area contributed by atoms with Crippen LogP contribution in [0.15, 0.2) is 218 Å². The molecule has 0 amide bonds. The second kappa shape index (κ2) is 13.5.